The van der Waals surface area contributed by atoms with Gasteiger partial charge in [0.05, 0.1) is 13.5 Å². The zero-order valence-electron chi connectivity index (χ0n) is 11.1. The van der Waals surface area contributed by atoms with E-state index in [0.29, 0.717) is 23.7 Å². The van der Waals surface area contributed by atoms with Crippen molar-refractivity contribution < 1.29 is 9.53 Å². The summed E-state index contributed by atoms with van der Waals surface area (Å²) < 4.78 is 5.26. The van der Waals surface area contributed by atoms with Gasteiger partial charge in [-0.2, -0.15) is 0 Å². The van der Waals surface area contributed by atoms with Gasteiger partial charge >= 0.3 is 0 Å². The molecule has 0 radical (unpaired) electrons. The predicted molar refractivity (Wildman–Crippen MR) is 75.5 cm³/mol. The van der Waals surface area contributed by atoms with Gasteiger partial charge in [0.2, 0.25) is 5.91 Å². The standard InChI is InChI=1S/C14H19ClN2O2/c1-19-13-5-4-11(15)7-10(13)8-14(18)17-6-2-3-12(17)9-16/h4-5,7,12H,2-3,6,8-9,16H2,1H3. The van der Waals surface area contributed by atoms with Crippen LogP contribution >= 0.6 is 11.6 Å². The van der Waals surface area contributed by atoms with Crippen molar-refractivity contribution in [2.24, 2.45) is 5.73 Å². The minimum absolute atomic E-state index is 0.0912. The minimum atomic E-state index is 0.0912. The lowest BCUT2D eigenvalue weighted by Crippen LogP contribution is -2.40. The highest BCUT2D eigenvalue weighted by atomic mass is 35.5. The van der Waals surface area contributed by atoms with E-state index >= 15 is 0 Å². The van der Waals surface area contributed by atoms with Gasteiger partial charge in [0, 0.05) is 29.7 Å². The maximum absolute atomic E-state index is 12.3. The quantitative estimate of drug-likeness (QED) is 0.917. The van der Waals surface area contributed by atoms with E-state index in [1.807, 2.05) is 4.90 Å². The van der Waals surface area contributed by atoms with Crippen molar-refractivity contribution in [3.8, 4) is 5.75 Å². The molecule has 0 saturated carbocycles. The number of carbonyl (C=O) groups is 1. The molecule has 2 rings (SSSR count). The van der Waals surface area contributed by atoms with Gasteiger partial charge < -0.3 is 15.4 Å². The van der Waals surface area contributed by atoms with E-state index in [1.165, 1.54) is 0 Å². The van der Waals surface area contributed by atoms with E-state index < -0.39 is 0 Å². The van der Waals surface area contributed by atoms with Crippen molar-refractivity contribution in [2.75, 3.05) is 20.2 Å². The van der Waals surface area contributed by atoms with Crippen molar-refractivity contribution in [1.29, 1.82) is 0 Å². The number of benzene rings is 1. The lowest BCUT2D eigenvalue weighted by atomic mass is 10.1. The molecule has 1 saturated heterocycles. The molecule has 0 spiro atoms. The second kappa shape index (κ2) is 6.26. The number of methoxy groups -OCH3 is 1. The average Bonchev–Trinajstić information content (AvgIpc) is 2.87. The Morgan fingerprint density at radius 2 is 2.37 bits per heavy atom. The molecule has 1 fully saturated rings. The molecule has 104 valence electrons. The summed E-state index contributed by atoms with van der Waals surface area (Å²) >= 11 is 5.97. The summed E-state index contributed by atoms with van der Waals surface area (Å²) in [6.07, 6.45) is 2.33. The predicted octanol–water partition coefficient (Wildman–Crippen LogP) is 1.84. The van der Waals surface area contributed by atoms with Gasteiger partial charge in [0.15, 0.2) is 0 Å². The van der Waals surface area contributed by atoms with Crippen LogP contribution in [0.4, 0.5) is 0 Å². The topological polar surface area (TPSA) is 55.6 Å². The van der Waals surface area contributed by atoms with E-state index in [2.05, 4.69) is 0 Å². The van der Waals surface area contributed by atoms with Gasteiger partial charge in [0.25, 0.3) is 0 Å². The average molecular weight is 283 g/mol. The minimum Gasteiger partial charge on any atom is -0.496 e. The number of carbonyl (C=O) groups excluding carboxylic acids is 1. The summed E-state index contributed by atoms with van der Waals surface area (Å²) in [4.78, 5) is 14.2. The van der Waals surface area contributed by atoms with Gasteiger partial charge in [0.1, 0.15) is 5.75 Å². The van der Waals surface area contributed by atoms with E-state index in [0.717, 1.165) is 24.9 Å². The molecular weight excluding hydrogens is 264 g/mol. The highest BCUT2D eigenvalue weighted by Gasteiger charge is 2.27. The molecule has 1 amide bonds. The maximum Gasteiger partial charge on any atom is 0.227 e. The molecular formula is C14H19ClN2O2. The Balaban J connectivity index is 2.12. The second-order valence-corrected chi connectivity index (χ2v) is 5.19. The number of ether oxygens (including phenoxy) is 1. The molecule has 19 heavy (non-hydrogen) atoms. The second-order valence-electron chi connectivity index (χ2n) is 4.75. The molecule has 5 heteroatoms. The molecule has 2 N–H and O–H groups in total. The Morgan fingerprint density at radius 3 is 3.05 bits per heavy atom. The molecule has 4 nitrogen and oxygen atoms in total. The van der Waals surface area contributed by atoms with Crippen molar-refractivity contribution in [3.63, 3.8) is 0 Å². The summed E-state index contributed by atoms with van der Waals surface area (Å²) in [6, 6.07) is 5.51. The van der Waals surface area contributed by atoms with E-state index in [9.17, 15) is 4.79 Å². The van der Waals surface area contributed by atoms with Crippen LogP contribution in [0.1, 0.15) is 18.4 Å². The summed E-state index contributed by atoms with van der Waals surface area (Å²) in [5.74, 6) is 0.787. The number of halogens is 1. The maximum atomic E-state index is 12.3. The fraction of sp³-hybridized carbons (Fsp3) is 0.500. The molecule has 1 aliphatic rings. The first kappa shape index (κ1) is 14.2. The zero-order valence-corrected chi connectivity index (χ0v) is 11.8. The summed E-state index contributed by atoms with van der Waals surface area (Å²) in [5, 5.41) is 0.611. The molecule has 1 aliphatic heterocycles. The number of nitrogens with zero attached hydrogens (tertiary/aromatic N) is 1. The number of amides is 1. The van der Waals surface area contributed by atoms with Crippen molar-refractivity contribution in [1.82, 2.24) is 4.90 Å². The van der Waals surface area contributed by atoms with Crippen molar-refractivity contribution in [3.05, 3.63) is 28.8 Å². The normalized spacial score (nSPS) is 18.7. The SMILES string of the molecule is COc1ccc(Cl)cc1CC(=O)N1CCCC1CN. The first-order valence-electron chi connectivity index (χ1n) is 6.47. The fourth-order valence-electron chi connectivity index (χ4n) is 2.56. The van der Waals surface area contributed by atoms with Gasteiger partial charge in [-0.25, -0.2) is 0 Å². The van der Waals surface area contributed by atoms with Crippen LogP contribution in [0.2, 0.25) is 5.02 Å². The smallest absolute Gasteiger partial charge is 0.227 e. The van der Waals surface area contributed by atoms with Crippen LogP contribution in [-0.4, -0.2) is 37.0 Å². The lowest BCUT2D eigenvalue weighted by Gasteiger charge is -2.23. The summed E-state index contributed by atoms with van der Waals surface area (Å²) in [6.45, 7) is 1.32. The van der Waals surface area contributed by atoms with E-state index in [-0.39, 0.29) is 11.9 Å². The fourth-order valence-corrected chi connectivity index (χ4v) is 2.75. The molecule has 0 aromatic heterocycles. The molecule has 1 unspecified atom stereocenters. The van der Waals surface area contributed by atoms with Gasteiger partial charge in [-0.05, 0) is 31.0 Å². The number of likely N-dealkylation sites (tertiary alicyclic amines) is 1. The van der Waals surface area contributed by atoms with Crippen molar-refractivity contribution >= 4 is 17.5 Å². The van der Waals surface area contributed by atoms with Crippen LogP contribution in [0.3, 0.4) is 0 Å². The Hall–Kier alpha value is -1.26. The number of hydrogen-bond donors (Lipinski definition) is 1. The van der Waals surface area contributed by atoms with Gasteiger partial charge in [-0.1, -0.05) is 11.6 Å². The molecule has 0 aliphatic carbocycles. The number of nitrogens with two attached hydrogens (primary N) is 1. The van der Waals surface area contributed by atoms with Gasteiger partial charge in [-0.15, -0.1) is 0 Å². The zero-order chi connectivity index (χ0) is 13.8. The third-order valence-corrected chi connectivity index (χ3v) is 3.79. The Kier molecular flexibility index (Phi) is 4.66. The Morgan fingerprint density at radius 1 is 1.58 bits per heavy atom. The highest BCUT2D eigenvalue weighted by Crippen LogP contribution is 2.25. The van der Waals surface area contributed by atoms with Crippen molar-refractivity contribution in [2.45, 2.75) is 25.3 Å². The van der Waals surface area contributed by atoms with Crippen LogP contribution in [0.15, 0.2) is 18.2 Å². The molecule has 1 atom stereocenters. The molecule has 0 bridgehead atoms. The van der Waals surface area contributed by atoms with E-state index in [4.69, 9.17) is 22.1 Å². The summed E-state index contributed by atoms with van der Waals surface area (Å²) in [7, 11) is 1.59. The number of rotatable bonds is 4. The van der Waals surface area contributed by atoms with Crippen LogP contribution in [-0.2, 0) is 11.2 Å². The Bertz CT molecular complexity index is 465. The Labute approximate surface area is 118 Å². The third-order valence-electron chi connectivity index (χ3n) is 3.55. The lowest BCUT2D eigenvalue weighted by molar-refractivity contribution is -0.131. The molecule has 1 aromatic carbocycles. The monoisotopic (exact) mass is 282 g/mol. The highest BCUT2D eigenvalue weighted by molar-refractivity contribution is 6.30. The van der Waals surface area contributed by atoms with E-state index in [1.54, 1.807) is 25.3 Å². The third kappa shape index (κ3) is 3.19. The van der Waals surface area contributed by atoms with Crippen LogP contribution in [0.5, 0.6) is 5.75 Å². The van der Waals surface area contributed by atoms with Gasteiger partial charge in [-0.3, -0.25) is 4.79 Å². The summed E-state index contributed by atoms with van der Waals surface area (Å²) in [5.41, 5.74) is 6.52. The first-order valence-corrected chi connectivity index (χ1v) is 6.85. The number of hydrogen-bond acceptors (Lipinski definition) is 3. The van der Waals surface area contributed by atoms with Crippen LogP contribution < -0.4 is 10.5 Å². The first-order chi connectivity index (χ1) is 9.15. The molecule has 1 heterocycles. The van der Waals surface area contributed by atoms with Crippen LogP contribution in [0, 0.1) is 0 Å². The largest absolute Gasteiger partial charge is 0.496 e. The van der Waals surface area contributed by atoms with Crippen LogP contribution in [0.25, 0.3) is 0 Å². The molecule has 1 aromatic rings.